The van der Waals surface area contributed by atoms with Gasteiger partial charge < -0.3 is 14.8 Å². The maximum absolute atomic E-state index is 11.9. The number of amides is 1. The fourth-order valence-corrected chi connectivity index (χ4v) is 2.21. The first-order valence-electron chi connectivity index (χ1n) is 7.17. The maximum atomic E-state index is 11.9. The Bertz CT molecular complexity index is 704. The monoisotopic (exact) mass is 313 g/mol. The van der Waals surface area contributed by atoms with Gasteiger partial charge in [-0.25, -0.2) is 4.79 Å². The van der Waals surface area contributed by atoms with E-state index in [2.05, 4.69) is 5.32 Å². The van der Waals surface area contributed by atoms with Crippen molar-refractivity contribution in [2.75, 3.05) is 19.0 Å². The van der Waals surface area contributed by atoms with Crippen LogP contribution in [0.4, 0.5) is 5.69 Å². The van der Waals surface area contributed by atoms with Gasteiger partial charge in [-0.05, 0) is 55.3 Å². The Morgan fingerprint density at radius 1 is 1.04 bits per heavy atom. The van der Waals surface area contributed by atoms with Crippen LogP contribution in [-0.4, -0.2) is 25.6 Å². The second kappa shape index (κ2) is 7.45. The molecule has 0 aliphatic rings. The molecule has 0 atom stereocenters. The number of esters is 1. The van der Waals surface area contributed by atoms with Gasteiger partial charge in [0.1, 0.15) is 5.75 Å². The van der Waals surface area contributed by atoms with E-state index in [1.807, 2.05) is 32.0 Å². The summed E-state index contributed by atoms with van der Waals surface area (Å²) in [5, 5.41) is 2.71. The normalized spacial score (nSPS) is 10.0. The smallest absolute Gasteiger partial charge is 0.338 e. The molecule has 0 saturated carbocycles. The number of methoxy groups -OCH3 is 1. The van der Waals surface area contributed by atoms with Crippen molar-refractivity contribution in [1.29, 1.82) is 0 Å². The van der Waals surface area contributed by atoms with Crippen LogP contribution in [0.2, 0.25) is 0 Å². The van der Waals surface area contributed by atoms with Crippen LogP contribution in [0.1, 0.15) is 21.5 Å². The van der Waals surface area contributed by atoms with E-state index in [1.54, 1.807) is 24.3 Å². The van der Waals surface area contributed by atoms with Crippen molar-refractivity contribution < 1.29 is 19.1 Å². The lowest BCUT2D eigenvalue weighted by atomic mass is 10.1. The number of nitrogens with one attached hydrogen (secondary N) is 1. The molecule has 5 heteroatoms. The number of anilines is 1. The lowest BCUT2D eigenvalue weighted by molar-refractivity contribution is -0.119. The van der Waals surface area contributed by atoms with Crippen LogP contribution in [0.5, 0.6) is 5.75 Å². The van der Waals surface area contributed by atoms with Crippen LogP contribution in [0.25, 0.3) is 0 Å². The van der Waals surface area contributed by atoms with E-state index >= 15 is 0 Å². The number of benzene rings is 2. The van der Waals surface area contributed by atoms with Crippen molar-refractivity contribution in [1.82, 2.24) is 0 Å². The number of carbonyl (C=O) groups is 2. The molecule has 2 aromatic carbocycles. The third-order valence-corrected chi connectivity index (χ3v) is 3.15. The van der Waals surface area contributed by atoms with Gasteiger partial charge in [0, 0.05) is 5.69 Å². The van der Waals surface area contributed by atoms with Crippen LogP contribution in [-0.2, 0) is 9.53 Å². The highest BCUT2D eigenvalue weighted by Crippen LogP contribution is 2.15. The minimum absolute atomic E-state index is 0.337. The molecular weight excluding hydrogens is 294 g/mol. The molecule has 0 bridgehead atoms. The number of carbonyl (C=O) groups excluding carboxylic acids is 2. The molecule has 0 aliphatic heterocycles. The first-order valence-corrected chi connectivity index (χ1v) is 7.17. The molecule has 1 N–H and O–H groups in total. The summed E-state index contributed by atoms with van der Waals surface area (Å²) in [5.74, 6) is -0.398. The predicted molar refractivity (Wildman–Crippen MR) is 87.8 cm³/mol. The largest absolute Gasteiger partial charge is 0.497 e. The fourth-order valence-electron chi connectivity index (χ4n) is 2.21. The van der Waals surface area contributed by atoms with E-state index < -0.39 is 5.97 Å². The average Bonchev–Trinajstić information content (AvgIpc) is 2.51. The van der Waals surface area contributed by atoms with E-state index in [1.165, 1.54) is 7.11 Å². The average molecular weight is 313 g/mol. The molecule has 2 rings (SSSR count). The lowest BCUT2D eigenvalue weighted by Crippen LogP contribution is -2.21. The SMILES string of the molecule is COc1cccc(C(=O)OCC(=O)Nc2cc(C)cc(C)c2)c1. The summed E-state index contributed by atoms with van der Waals surface area (Å²) in [6.45, 7) is 3.56. The zero-order chi connectivity index (χ0) is 16.8. The van der Waals surface area contributed by atoms with Crippen LogP contribution < -0.4 is 10.1 Å². The summed E-state index contributed by atoms with van der Waals surface area (Å²) in [4.78, 5) is 23.8. The molecule has 0 aromatic heterocycles. The molecule has 5 nitrogen and oxygen atoms in total. The first kappa shape index (κ1) is 16.5. The fraction of sp³-hybridized carbons (Fsp3) is 0.222. The van der Waals surface area contributed by atoms with Gasteiger partial charge >= 0.3 is 5.97 Å². The highest BCUT2D eigenvalue weighted by Gasteiger charge is 2.11. The maximum Gasteiger partial charge on any atom is 0.338 e. The Balaban J connectivity index is 1.92. The van der Waals surface area contributed by atoms with Gasteiger partial charge in [0.15, 0.2) is 6.61 Å². The summed E-state index contributed by atoms with van der Waals surface area (Å²) < 4.78 is 10.1. The number of ether oxygens (including phenoxy) is 2. The molecule has 0 radical (unpaired) electrons. The second-order valence-corrected chi connectivity index (χ2v) is 5.23. The zero-order valence-corrected chi connectivity index (χ0v) is 13.4. The van der Waals surface area contributed by atoms with E-state index in [9.17, 15) is 9.59 Å². The number of aryl methyl sites for hydroxylation is 2. The van der Waals surface area contributed by atoms with E-state index in [4.69, 9.17) is 9.47 Å². The van der Waals surface area contributed by atoms with Gasteiger partial charge in [-0.15, -0.1) is 0 Å². The van der Waals surface area contributed by atoms with Crippen molar-refractivity contribution in [3.63, 3.8) is 0 Å². The molecule has 0 aliphatic carbocycles. The van der Waals surface area contributed by atoms with Crippen LogP contribution in [0.15, 0.2) is 42.5 Å². The quantitative estimate of drug-likeness (QED) is 0.861. The zero-order valence-electron chi connectivity index (χ0n) is 13.4. The standard InChI is InChI=1S/C18H19NO4/c1-12-7-13(2)9-15(8-12)19-17(20)11-23-18(21)14-5-4-6-16(10-14)22-3/h4-10H,11H2,1-3H3,(H,19,20). The first-order chi connectivity index (χ1) is 11.0. The summed E-state index contributed by atoms with van der Waals surface area (Å²) in [7, 11) is 1.52. The molecule has 23 heavy (non-hydrogen) atoms. The molecule has 0 saturated heterocycles. The van der Waals surface area contributed by atoms with Gasteiger partial charge in [0.25, 0.3) is 5.91 Å². The molecule has 0 unspecified atom stereocenters. The van der Waals surface area contributed by atoms with Crippen molar-refractivity contribution in [2.24, 2.45) is 0 Å². The van der Waals surface area contributed by atoms with Crippen molar-refractivity contribution in [2.45, 2.75) is 13.8 Å². The number of rotatable bonds is 5. The van der Waals surface area contributed by atoms with E-state index in [0.29, 0.717) is 17.0 Å². The number of hydrogen-bond acceptors (Lipinski definition) is 4. The molecule has 1 amide bonds. The second-order valence-electron chi connectivity index (χ2n) is 5.23. The summed E-state index contributed by atoms with van der Waals surface area (Å²) in [5.41, 5.74) is 3.12. The topological polar surface area (TPSA) is 64.6 Å². The summed E-state index contributed by atoms with van der Waals surface area (Å²) >= 11 is 0. The minimum atomic E-state index is -0.570. The summed E-state index contributed by atoms with van der Waals surface area (Å²) in [6, 6.07) is 12.3. The third kappa shape index (κ3) is 4.85. The third-order valence-electron chi connectivity index (χ3n) is 3.15. The Morgan fingerprint density at radius 2 is 1.74 bits per heavy atom. The Labute approximate surface area is 135 Å². The Kier molecular flexibility index (Phi) is 5.36. The predicted octanol–water partition coefficient (Wildman–Crippen LogP) is 3.11. The van der Waals surface area contributed by atoms with Crippen molar-refractivity contribution in [3.8, 4) is 5.75 Å². The highest BCUT2D eigenvalue weighted by atomic mass is 16.5. The van der Waals surface area contributed by atoms with E-state index in [-0.39, 0.29) is 12.5 Å². The minimum Gasteiger partial charge on any atom is -0.497 e. The van der Waals surface area contributed by atoms with Crippen molar-refractivity contribution >= 4 is 17.6 Å². The van der Waals surface area contributed by atoms with Gasteiger partial charge in [-0.3, -0.25) is 4.79 Å². The van der Waals surface area contributed by atoms with E-state index in [0.717, 1.165) is 11.1 Å². The molecular formula is C18H19NO4. The van der Waals surface area contributed by atoms with Crippen LogP contribution >= 0.6 is 0 Å². The highest BCUT2D eigenvalue weighted by molar-refractivity contribution is 5.95. The summed E-state index contributed by atoms with van der Waals surface area (Å²) in [6.07, 6.45) is 0. The molecule has 0 spiro atoms. The molecule has 2 aromatic rings. The molecule has 0 fully saturated rings. The van der Waals surface area contributed by atoms with Gasteiger partial charge in [-0.2, -0.15) is 0 Å². The van der Waals surface area contributed by atoms with Crippen molar-refractivity contribution in [3.05, 3.63) is 59.2 Å². The lowest BCUT2D eigenvalue weighted by Gasteiger charge is -2.09. The molecule has 120 valence electrons. The van der Waals surface area contributed by atoms with Crippen LogP contribution in [0, 0.1) is 13.8 Å². The Morgan fingerprint density at radius 3 is 2.39 bits per heavy atom. The van der Waals surface area contributed by atoms with Gasteiger partial charge in [0.05, 0.1) is 12.7 Å². The van der Waals surface area contributed by atoms with Gasteiger partial charge in [0.2, 0.25) is 0 Å². The van der Waals surface area contributed by atoms with Gasteiger partial charge in [-0.1, -0.05) is 12.1 Å². The van der Waals surface area contributed by atoms with Crippen LogP contribution in [0.3, 0.4) is 0 Å². The molecule has 0 heterocycles. The Hall–Kier alpha value is -2.82. The number of hydrogen-bond donors (Lipinski definition) is 1.